The Morgan fingerprint density at radius 1 is 1.11 bits per heavy atom. The summed E-state index contributed by atoms with van der Waals surface area (Å²) < 4.78 is 0. The van der Waals surface area contributed by atoms with Crippen molar-refractivity contribution in [3.8, 4) is 17.2 Å². The van der Waals surface area contributed by atoms with Gasteiger partial charge in [0, 0.05) is 23.5 Å². The van der Waals surface area contributed by atoms with E-state index in [-0.39, 0.29) is 5.70 Å². The smallest absolute Gasteiger partial charge is 0.151 e. The summed E-state index contributed by atoms with van der Waals surface area (Å²) in [5.41, 5.74) is 11.1. The highest BCUT2D eigenvalue weighted by molar-refractivity contribution is 5.71. The van der Waals surface area contributed by atoms with Crippen molar-refractivity contribution in [1.82, 2.24) is 15.4 Å². The zero-order valence-corrected chi connectivity index (χ0v) is 10.0. The number of nitrogens with two attached hydrogens (primary N) is 2. The molecule has 0 aliphatic rings. The molecule has 0 saturated carbocycles. The van der Waals surface area contributed by atoms with Crippen molar-refractivity contribution in [1.29, 1.82) is 5.26 Å². The third-order valence-electron chi connectivity index (χ3n) is 2.62. The summed E-state index contributed by atoms with van der Waals surface area (Å²) in [5, 5.41) is 8.84. The molecule has 1 heterocycles. The van der Waals surface area contributed by atoms with Gasteiger partial charge in [-0.15, -0.1) is 0 Å². The van der Waals surface area contributed by atoms with Crippen molar-refractivity contribution in [2.75, 3.05) is 0 Å². The van der Waals surface area contributed by atoms with Crippen LogP contribution in [0.25, 0.3) is 16.8 Å². The number of nitrogens with zero attached hydrogens (tertiary/aromatic N) is 3. The Morgan fingerprint density at radius 2 is 1.74 bits per heavy atom. The van der Waals surface area contributed by atoms with Crippen molar-refractivity contribution in [2.45, 2.75) is 0 Å². The molecule has 6 nitrogen and oxygen atoms in total. The Bertz CT molecular complexity index is 624. The first-order valence-electron chi connectivity index (χ1n) is 5.48. The van der Waals surface area contributed by atoms with Gasteiger partial charge >= 0.3 is 0 Å². The molecule has 0 bridgehead atoms. The van der Waals surface area contributed by atoms with Gasteiger partial charge in [0.1, 0.15) is 12.4 Å². The summed E-state index contributed by atoms with van der Waals surface area (Å²) in [5.74, 6) is 5.22. The molecule has 0 aliphatic heterocycles. The number of nitriles is 1. The number of allylic oxidation sites excluding steroid dienone is 1. The monoisotopic (exact) mass is 252 g/mol. The van der Waals surface area contributed by atoms with Gasteiger partial charge in [-0.25, -0.2) is 15.8 Å². The maximum atomic E-state index is 8.84. The third kappa shape index (κ3) is 2.68. The molecule has 5 N–H and O–H groups in total. The number of benzene rings is 1. The lowest BCUT2D eigenvalue weighted by Crippen LogP contribution is -2.23. The van der Waals surface area contributed by atoms with Gasteiger partial charge in [0.05, 0.1) is 5.70 Å². The van der Waals surface area contributed by atoms with Crippen molar-refractivity contribution >= 4 is 5.70 Å². The first-order valence-corrected chi connectivity index (χ1v) is 5.48. The molecule has 94 valence electrons. The number of hydrogen-bond donors (Lipinski definition) is 3. The van der Waals surface area contributed by atoms with Crippen LogP contribution in [0, 0.1) is 11.3 Å². The minimum atomic E-state index is 0.135. The summed E-state index contributed by atoms with van der Waals surface area (Å²) in [6, 6.07) is 9.28. The van der Waals surface area contributed by atoms with E-state index in [0.717, 1.165) is 16.7 Å². The zero-order chi connectivity index (χ0) is 13.7. The standard InChI is InChI=1S/C13H12N6/c14-5-12(19-16)13(15)10-3-1-9(2-4-10)11-6-17-8-18-7-11/h1-4,6-8,19H,15-16H2/b13-12-. The largest absolute Gasteiger partial charge is 0.396 e. The minimum absolute atomic E-state index is 0.135. The number of hydrogen-bond acceptors (Lipinski definition) is 6. The van der Waals surface area contributed by atoms with Gasteiger partial charge in [-0.1, -0.05) is 24.3 Å². The van der Waals surface area contributed by atoms with Crippen LogP contribution in [0.1, 0.15) is 5.56 Å². The fourth-order valence-electron chi connectivity index (χ4n) is 1.60. The molecule has 0 aliphatic carbocycles. The highest BCUT2D eigenvalue weighted by atomic mass is 15.2. The van der Waals surface area contributed by atoms with Crippen molar-refractivity contribution in [3.05, 3.63) is 54.2 Å². The highest BCUT2D eigenvalue weighted by Gasteiger charge is 2.05. The normalized spacial score (nSPS) is 11.4. The van der Waals surface area contributed by atoms with Crippen LogP contribution in [0.5, 0.6) is 0 Å². The zero-order valence-electron chi connectivity index (χ0n) is 10.0. The average Bonchev–Trinajstić information content (AvgIpc) is 2.49. The molecule has 19 heavy (non-hydrogen) atoms. The molecular formula is C13H12N6. The van der Waals surface area contributed by atoms with Gasteiger partial charge in [-0.05, 0) is 5.56 Å². The van der Waals surface area contributed by atoms with E-state index < -0.39 is 0 Å². The van der Waals surface area contributed by atoms with E-state index in [1.165, 1.54) is 6.33 Å². The summed E-state index contributed by atoms with van der Waals surface area (Å²) >= 11 is 0. The maximum absolute atomic E-state index is 8.84. The summed E-state index contributed by atoms with van der Waals surface area (Å²) in [6.07, 6.45) is 4.93. The predicted octanol–water partition coefficient (Wildman–Crippen LogP) is 0.758. The van der Waals surface area contributed by atoms with Gasteiger partial charge in [0.2, 0.25) is 0 Å². The second kappa shape index (κ2) is 5.62. The van der Waals surface area contributed by atoms with Gasteiger partial charge in [0.15, 0.2) is 5.70 Å². The predicted molar refractivity (Wildman–Crippen MR) is 71.5 cm³/mol. The number of rotatable bonds is 3. The Balaban J connectivity index is 2.35. The van der Waals surface area contributed by atoms with Crippen molar-refractivity contribution in [3.63, 3.8) is 0 Å². The Morgan fingerprint density at radius 3 is 2.26 bits per heavy atom. The molecule has 0 spiro atoms. The van der Waals surface area contributed by atoms with E-state index in [1.807, 2.05) is 30.3 Å². The summed E-state index contributed by atoms with van der Waals surface area (Å²) in [7, 11) is 0. The van der Waals surface area contributed by atoms with E-state index in [9.17, 15) is 0 Å². The maximum Gasteiger partial charge on any atom is 0.151 e. The fraction of sp³-hybridized carbons (Fsp3) is 0. The van der Waals surface area contributed by atoms with Gasteiger partial charge in [-0.2, -0.15) is 5.26 Å². The Hall–Kier alpha value is -2.91. The molecule has 1 aromatic carbocycles. The second-order valence-electron chi connectivity index (χ2n) is 3.75. The van der Waals surface area contributed by atoms with Gasteiger partial charge in [0.25, 0.3) is 0 Å². The van der Waals surface area contributed by atoms with Crippen LogP contribution >= 0.6 is 0 Å². The van der Waals surface area contributed by atoms with Crippen LogP contribution in [0.15, 0.2) is 48.7 Å². The quantitative estimate of drug-likeness (QED) is 0.422. The molecule has 6 heteroatoms. The van der Waals surface area contributed by atoms with Crippen LogP contribution in [0.2, 0.25) is 0 Å². The van der Waals surface area contributed by atoms with E-state index in [1.54, 1.807) is 12.4 Å². The number of nitrogens with one attached hydrogen (secondary N) is 1. The van der Waals surface area contributed by atoms with E-state index in [4.69, 9.17) is 16.8 Å². The van der Waals surface area contributed by atoms with Crippen molar-refractivity contribution < 1.29 is 0 Å². The first kappa shape index (κ1) is 12.5. The van der Waals surface area contributed by atoms with Crippen LogP contribution < -0.4 is 17.0 Å². The number of hydrazine groups is 1. The van der Waals surface area contributed by atoms with E-state index in [0.29, 0.717) is 5.70 Å². The Kier molecular flexibility index (Phi) is 3.71. The molecule has 0 fully saturated rings. The third-order valence-corrected chi connectivity index (χ3v) is 2.62. The second-order valence-corrected chi connectivity index (χ2v) is 3.75. The molecule has 2 rings (SSSR count). The van der Waals surface area contributed by atoms with E-state index in [2.05, 4.69) is 15.4 Å². The lowest BCUT2D eigenvalue weighted by atomic mass is 10.0. The molecule has 0 radical (unpaired) electrons. The molecule has 2 aromatic rings. The van der Waals surface area contributed by atoms with Crippen LogP contribution in [0.4, 0.5) is 0 Å². The van der Waals surface area contributed by atoms with Gasteiger partial charge in [-0.3, -0.25) is 0 Å². The number of aromatic nitrogens is 2. The molecule has 0 saturated heterocycles. The lowest BCUT2D eigenvalue weighted by molar-refractivity contribution is 0.920. The van der Waals surface area contributed by atoms with E-state index >= 15 is 0 Å². The minimum Gasteiger partial charge on any atom is -0.396 e. The lowest BCUT2D eigenvalue weighted by Gasteiger charge is -2.06. The molecule has 0 amide bonds. The van der Waals surface area contributed by atoms with Gasteiger partial charge < -0.3 is 11.2 Å². The summed E-state index contributed by atoms with van der Waals surface area (Å²) in [6.45, 7) is 0. The molecular weight excluding hydrogens is 240 g/mol. The Labute approximate surface area is 110 Å². The molecule has 0 atom stereocenters. The highest BCUT2D eigenvalue weighted by Crippen LogP contribution is 2.20. The van der Waals surface area contributed by atoms with Crippen LogP contribution in [0.3, 0.4) is 0 Å². The average molecular weight is 252 g/mol. The molecule has 0 unspecified atom stereocenters. The topological polar surface area (TPSA) is 114 Å². The SMILES string of the molecule is N#C/C(NN)=C(/N)c1ccc(-c2cncnc2)cc1. The van der Waals surface area contributed by atoms with Crippen molar-refractivity contribution in [2.24, 2.45) is 11.6 Å². The summed E-state index contributed by atoms with van der Waals surface area (Å²) in [4.78, 5) is 7.92. The van der Waals surface area contributed by atoms with Crippen LogP contribution in [-0.2, 0) is 0 Å². The first-order chi connectivity index (χ1) is 9.26. The fourth-order valence-corrected chi connectivity index (χ4v) is 1.60. The molecule has 1 aromatic heterocycles. The van der Waals surface area contributed by atoms with Crippen LogP contribution in [-0.4, -0.2) is 9.97 Å².